The zero-order valence-electron chi connectivity index (χ0n) is 33.7. The van der Waals surface area contributed by atoms with Crippen LogP contribution in [0.2, 0.25) is 0 Å². The Balaban J connectivity index is 2.05. The highest BCUT2D eigenvalue weighted by atomic mass is 32.2. The van der Waals surface area contributed by atoms with Gasteiger partial charge in [0.05, 0.1) is 51.1 Å². The minimum atomic E-state index is -3.90. The molecule has 5 N–H and O–H groups in total. The molecule has 0 saturated heterocycles. The summed E-state index contributed by atoms with van der Waals surface area (Å²) >= 11 is 0. The van der Waals surface area contributed by atoms with E-state index in [2.05, 4.69) is 10.6 Å². The zero-order chi connectivity index (χ0) is 41.4. The maximum absolute atomic E-state index is 14.1. The summed E-state index contributed by atoms with van der Waals surface area (Å²) in [6.07, 6.45) is 0.206. The molecule has 3 aromatic carbocycles. The van der Waals surface area contributed by atoms with Gasteiger partial charge in [0.15, 0.2) is 0 Å². The number of nitrogens with two attached hydrogens (primary N) is 1. The van der Waals surface area contributed by atoms with Gasteiger partial charge in [-0.3, -0.25) is 18.7 Å². The van der Waals surface area contributed by atoms with Crippen molar-refractivity contribution in [2.24, 2.45) is 23.5 Å². The van der Waals surface area contributed by atoms with Crippen molar-refractivity contribution in [1.29, 1.82) is 0 Å². The van der Waals surface area contributed by atoms with E-state index in [1.807, 2.05) is 88.4 Å². The number of methoxy groups -OCH3 is 1. The summed E-state index contributed by atoms with van der Waals surface area (Å²) in [6.45, 7) is 8.42. The lowest BCUT2D eigenvalue weighted by Crippen LogP contribution is -2.52. The summed E-state index contributed by atoms with van der Waals surface area (Å²) < 4.78 is 44.1. The molecule has 0 fully saturated rings. The van der Waals surface area contributed by atoms with Crippen molar-refractivity contribution in [3.8, 4) is 0 Å². The number of aliphatic hydroxyl groups excluding tert-OH is 1. The van der Waals surface area contributed by atoms with Gasteiger partial charge in [-0.15, -0.1) is 0 Å². The highest BCUT2D eigenvalue weighted by Crippen LogP contribution is 2.38. The Bertz CT molecular complexity index is 1810. The van der Waals surface area contributed by atoms with Gasteiger partial charge in [0, 0.05) is 38.1 Å². The lowest BCUT2D eigenvalue weighted by atomic mass is 9.80. The largest absolute Gasteiger partial charge is 0.392 e. The molecule has 3 amide bonds. The van der Waals surface area contributed by atoms with Crippen LogP contribution in [0.1, 0.15) is 79.1 Å². The number of sulfonamides is 1. The number of hydrogen-bond donors (Lipinski definition) is 4. The molecule has 0 saturated carbocycles. The minimum Gasteiger partial charge on any atom is -0.392 e. The third kappa shape index (κ3) is 13.7. The molecular formula is C42H60N4O9S. The van der Waals surface area contributed by atoms with Gasteiger partial charge in [-0.1, -0.05) is 94.8 Å². The molecule has 5 atom stereocenters. The number of hydrogen-bond acceptors (Lipinski definition) is 9. The van der Waals surface area contributed by atoms with Gasteiger partial charge in [0.1, 0.15) is 6.04 Å². The molecule has 308 valence electrons. The number of amides is 3. The van der Waals surface area contributed by atoms with Crippen LogP contribution in [0.5, 0.6) is 0 Å². The summed E-state index contributed by atoms with van der Waals surface area (Å²) in [5, 5.41) is 18.1. The van der Waals surface area contributed by atoms with E-state index in [1.165, 1.54) is 20.2 Å². The Hall–Kier alpha value is -4.34. The Morgan fingerprint density at radius 1 is 0.875 bits per heavy atom. The van der Waals surface area contributed by atoms with E-state index in [0.717, 1.165) is 21.7 Å². The van der Waals surface area contributed by atoms with Gasteiger partial charge in [-0.05, 0) is 52.6 Å². The fraction of sp³-hybridized carbons (Fsp3) is 0.500. The molecule has 3 aromatic rings. The Labute approximate surface area is 332 Å². The van der Waals surface area contributed by atoms with E-state index in [-0.39, 0.29) is 67.4 Å². The smallest absolute Gasteiger partial charge is 0.249 e. The molecule has 3 rings (SSSR count). The normalized spacial score (nSPS) is 14.4. The summed E-state index contributed by atoms with van der Waals surface area (Å²) in [7, 11) is -1.01. The lowest BCUT2D eigenvalue weighted by Gasteiger charge is -2.33. The fourth-order valence-electron chi connectivity index (χ4n) is 6.37. The minimum absolute atomic E-state index is 0.0202. The van der Waals surface area contributed by atoms with Crippen LogP contribution in [0.4, 0.5) is 5.69 Å². The first-order valence-corrected chi connectivity index (χ1v) is 20.8. The molecule has 0 aliphatic rings. The molecule has 0 spiro atoms. The maximum Gasteiger partial charge on any atom is 0.249 e. The molecular weight excluding hydrogens is 737 g/mol. The van der Waals surface area contributed by atoms with Crippen molar-refractivity contribution in [3.63, 3.8) is 0 Å². The monoisotopic (exact) mass is 796 g/mol. The quantitative estimate of drug-likeness (QED) is 0.0947. The number of rotatable bonds is 24. The Kier molecular flexibility index (Phi) is 18.4. The van der Waals surface area contributed by atoms with E-state index in [1.54, 1.807) is 6.07 Å². The Morgan fingerprint density at radius 3 is 2.04 bits per heavy atom. The second kappa shape index (κ2) is 22.4. The van der Waals surface area contributed by atoms with Crippen molar-refractivity contribution in [1.82, 2.24) is 10.6 Å². The van der Waals surface area contributed by atoms with E-state index < -0.39 is 45.8 Å². The number of benzene rings is 3. The van der Waals surface area contributed by atoms with Crippen LogP contribution in [0.3, 0.4) is 0 Å². The van der Waals surface area contributed by atoms with Crippen molar-refractivity contribution in [2.45, 2.75) is 78.4 Å². The maximum atomic E-state index is 14.1. The van der Waals surface area contributed by atoms with Gasteiger partial charge in [0.25, 0.3) is 0 Å². The number of nitrogens with one attached hydrogen (secondary N) is 2. The first-order valence-electron chi connectivity index (χ1n) is 19.0. The first-order chi connectivity index (χ1) is 26.6. The highest BCUT2D eigenvalue weighted by molar-refractivity contribution is 7.92. The average molecular weight is 797 g/mol. The predicted octanol–water partition coefficient (Wildman–Crippen LogP) is 4.52. The number of primary amides is 1. The van der Waals surface area contributed by atoms with E-state index in [9.17, 15) is 27.9 Å². The number of ether oxygens (including phenoxy) is 3. The summed E-state index contributed by atoms with van der Waals surface area (Å²) in [4.78, 5) is 40.9. The molecule has 0 aliphatic heterocycles. The third-order valence-electron chi connectivity index (χ3n) is 10.0. The van der Waals surface area contributed by atoms with Crippen LogP contribution >= 0.6 is 0 Å². The standard InChI is InChI=1S/C42H60N4O9S/c1-8-29(4)39(42(50)44-24-30-15-11-9-12-16-30)45-41(49)33(28(2)3)23-37(47)35(27-55-25-31-17-13-10-14-18-31)38-34(40(43)48)21-32(26-54-20-19-53-6)22-36(38)46(5)56(7,51)52/h9-18,21-22,28-29,33,35,37,39,47H,8,19-20,23-27H2,1-7H3,(H2,43,48)(H,44,50)(H,45,49). The van der Waals surface area contributed by atoms with Gasteiger partial charge < -0.3 is 35.7 Å². The molecule has 0 aliphatic carbocycles. The van der Waals surface area contributed by atoms with Crippen molar-refractivity contribution >= 4 is 33.4 Å². The molecule has 5 unspecified atom stereocenters. The van der Waals surface area contributed by atoms with E-state index in [4.69, 9.17) is 19.9 Å². The molecule has 0 radical (unpaired) electrons. The third-order valence-corrected chi connectivity index (χ3v) is 11.2. The van der Waals surface area contributed by atoms with E-state index in [0.29, 0.717) is 25.1 Å². The van der Waals surface area contributed by atoms with Crippen LogP contribution in [0.25, 0.3) is 0 Å². The predicted molar refractivity (Wildman–Crippen MR) is 217 cm³/mol. The van der Waals surface area contributed by atoms with Crippen LogP contribution in [-0.2, 0) is 53.6 Å². The summed E-state index contributed by atoms with van der Waals surface area (Å²) in [5.74, 6) is -3.91. The molecule has 14 heteroatoms. The number of nitrogens with zero attached hydrogens (tertiary/aromatic N) is 1. The molecule has 0 aromatic heterocycles. The fourth-order valence-corrected chi connectivity index (χ4v) is 6.88. The van der Waals surface area contributed by atoms with Crippen LogP contribution in [-0.4, -0.2) is 83.6 Å². The van der Waals surface area contributed by atoms with Gasteiger partial charge in [-0.2, -0.15) is 0 Å². The van der Waals surface area contributed by atoms with Gasteiger partial charge >= 0.3 is 0 Å². The number of carbonyl (C=O) groups excluding carboxylic acids is 3. The van der Waals surface area contributed by atoms with Crippen molar-refractivity contribution < 1.29 is 42.1 Å². The van der Waals surface area contributed by atoms with Crippen LogP contribution in [0.15, 0.2) is 72.8 Å². The van der Waals surface area contributed by atoms with Gasteiger partial charge in [-0.25, -0.2) is 8.42 Å². The van der Waals surface area contributed by atoms with E-state index >= 15 is 0 Å². The van der Waals surface area contributed by atoms with Gasteiger partial charge in [0.2, 0.25) is 27.7 Å². The van der Waals surface area contributed by atoms with Crippen molar-refractivity contribution in [2.75, 3.05) is 44.5 Å². The summed E-state index contributed by atoms with van der Waals surface area (Å²) in [5.41, 5.74) is 8.49. The zero-order valence-corrected chi connectivity index (χ0v) is 34.5. The second-order valence-corrected chi connectivity index (χ2v) is 16.6. The average Bonchev–Trinajstić information content (AvgIpc) is 3.17. The second-order valence-electron chi connectivity index (χ2n) is 14.6. The Morgan fingerprint density at radius 2 is 1.48 bits per heavy atom. The van der Waals surface area contributed by atoms with Crippen LogP contribution < -0.4 is 20.7 Å². The first kappa shape index (κ1) is 46.0. The number of aliphatic hydroxyl groups is 1. The molecule has 0 bridgehead atoms. The van der Waals surface area contributed by atoms with Crippen LogP contribution in [0, 0.1) is 17.8 Å². The number of carbonyl (C=O) groups is 3. The highest BCUT2D eigenvalue weighted by Gasteiger charge is 2.37. The number of anilines is 1. The topological polar surface area (TPSA) is 187 Å². The summed E-state index contributed by atoms with van der Waals surface area (Å²) in [6, 6.07) is 21.1. The molecule has 0 heterocycles. The molecule has 13 nitrogen and oxygen atoms in total. The molecule has 56 heavy (non-hydrogen) atoms. The van der Waals surface area contributed by atoms with Crippen molar-refractivity contribution in [3.05, 3.63) is 101 Å². The SMILES string of the molecule is CCC(C)C(NC(=O)C(CC(O)C(COCc1ccccc1)c1c(C(N)=O)cc(COCCOC)cc1N(C)S(C)(=O)=O)C(C)C)C(=O)NCc1ccccc1. The lowest BCUT2D eigenvalue weighted by molar-refractivity contribution is -0.134.